The van der Waals surface area contributed by atoms with Crippen LogP contribution in [0, 0.1) is 0 Å². The molecular weight excluding hydrogens is 360 g/mol. The highest BCUT2D eigenvalue weighted by Gasteiger charge is 2.41. The summed E-state index contributed by atoms with van der Waals surface area (Å²) >= 11 is 0. The summed E-state index contributed by atoms with van der Waals surface area (Å²) < 4.78 is 6.17. The summed E-state index contributed by atoms with van der Waals surface area (Å²) in [6.45, 7) is 8.38. The van der Waals surface area contributed by atoms with Crippen LogP contribution in [0.15, 0.2) is 54.6 Å². The van der Waals surface area contributed by atoms with Crippen LogP contribution < -0.4 is 4.90 Å². The van der Waals surface area contributed by atoms with Crippen LogP contribution in [-0.4, -0.2) is 42.6 Å². The van der Waals surface area contributed by atoms with Gasteiger partial charge in [-0.1, -0.05) is 56.3 Å². The predicted molar refractivity (Wildman–Crippen MR) is 117 cm³/mol. The SMILES string of the molecule is CC(C)c1ccc(CN2CCCC3(CC2)CN(c2ccccc2)C(=O)CO3)cc1. The fourth-order valence-electron chi connectivity index (χ4n) is 4.51. The number of hydrogen-bond acceptors (Lipinski definition) is 3. The molecular formula is C25H32N2O2. The molecule has 154 valence electrons. The molecule has 29 heavy (non-hydrogen) atoms. The van der Waals surface area contributed by atoms with Crippen molar-refractivity contribution in [3.8, 4) is 0 Å². The molecule has 2 fully saturated rings. The topological polar surface area (TPSA) is 32.8 Å². The minimum absolute atomic E-state index is 0.0631. The number of ether oxygens (including phenoxy) is 1. The summed E-state index contributed by atoms with van der Waals surface area (Å²) in [4.78, 5) is 16.9. The molecule has 2 heterocycles. The summed E-state index contributed by atoms with van der Waals surface area (Å²) in [7, 11) is 0. The van der Waals surface area contributed by atoms with E-state index in [-0.39, 0.29) is 18.1 Å². The number of rotatable bonds is 4. The zero-order valence-corrected chi connectivity index (χ0v) is 17.6. The molecule has 2 saturated heterocycles. The number of para-hydroxylation sites is 1. The lowest BCUT2D eigenvalue weighted by Crippen LogP contribution is -2.55. The van der Waals surface area contributed by atoms with Crippen molar-refractivity contribution >= 4 is 11.6 Å². The predicted octanol–water partition coefficient (Wildman–Crippen LogP) is 4.60. The van der Waals surface area contributed by atoms with Gasteiger partial charge in [-0.15, -0.1) is 0 Å². The molecule has 0 radical (unpaired) electrons. The largest absolute Gasteiger partial charge is 0.363 e. The first-order chi connectivity index (χ1) is 14.0. The molecule has 2 aromatic carbocycles. The van der Waals surface area contributed by atoms with Gasteiger partial charge in [0.25, 0.3) is 5.91 Å². The average Bonchev–Trinajstić information content (AvgIpc) is 2.93. The summed E-state index contributed by atoms with van der Waals surface area (Å²) in [5.41, 5.74) is 3.52. The Hall–Kier alpha value is -2.17. The lowest BCUT2D eigenvalue weighted by molar-refractivity contribution is -0.140. The van der Waals surface area contributed by atoms with Gasteiger partial charge in [0, 0.05) is 18.8 Å². The van der Waals surface area contributed by atoms with Gasteiger partial charge in [-0.2, -0.15) is 0 Å². The molecule has 1 amide bonds. The van der Waals surface area contributed by atoms with Crippen molar-refractivity contribution in [3.05, 3.63) is 65.7 Å². The number of likely N-dealkylation sites (tertiary alicyclic amines) is 1. The number of hydrogen-bond donors (Lipinski definition) is 0. The van der Waals surface area contributed by atoms with E-state index in [9.17, 15) is 4.79 Å². The minimum atomic E-state index is -0.222. The number of amides is 1. The third-order valence-corrected chi connectivity index (χ3v) is 6.36. The number of benzene rings is 2. The standard InChI is InChI=1S/C25H32N2O2/c1-20(2)22-11-9-21(10-12-22)17-26-15-6-13-25(14-16-26)19-27(24(28)18-29-25)23-7-4-3-5-8-23/h3-5,7-12,20H,6,13-19H2,1-2H3. The molecule has 0 bridgehead atoms. The Morgan fingerprint density at radius 3 is 2.48 bits per heavy atom. The fourth-order valence-corrected chi connectivity index (χ4v) is 4.51. The molecule has 2 aliphatic rings. The number of carbonyl (C=O) groups excluding carboxylic acids is 1. The van der Waals surface area contributed by atoms with Crippen LogP contribution in [0.5, 0.6) is 0 Å². The maximum Gasteiger partial charge on any atom is 0.253 e. The molecule has 1 atom stereocenters. The molecule has 1 spiro atoms. The van der Waals surface area contributed by atoms with E-state index in [0.29, 0.717) is 12.5 Å². The summed E-state index contributed by atoms with van der Waals surface area (Å²) in [5, 5.41) is 0. The van der Waals surface area contributed by atoms with Crippen LogP contribution >= 0.6 is 0 Å². The Morgan fingerprint density at radius 1 is 1.00 bits per heavy atom. The lowest BCUT2D eigenvalue weighted by Gasteiger charge is -2.42. The molecule has 0 saturated carbocycles. The zero-order valence-electron chi connectivity index (χ0n) is 17.6. The monoisotopic (exact) mass is 392 g/mol. The van der Waals surface area contributed by atoms with E-state index in [1.54, 1.807) is 0 Å². The van der Waals surface area contributed by atoms with Crippen LogP contribution in [-0.2, 0) is 16.1 Å². The summed E-state index contributed by atoms with van der Waals surface area (Å²) in [5.74, 6) is 0.633. The molecule has 2 aromatic rings. The van der Waals surface area contributed by atoms with E-state index in [1.165, 1.54) is 11.1 Å². The molecule has 0 N–H and O–H groups in total. The first-order valence-electron chi connectivity index (χ1n) is 10.9. The molecule has 4 nitrogen and oxygen atoms in total. The van der Waals surface area contributed by atoms with Crippen molar-refractivity contribution < 1.29 is 9.53 Å². The molecule has 1 unspecified atom stereocenters. The summed E-state index contributed by atoms with van der Waals surface area (Å²) in [6, 6.07) is 19.0. The van der Waals surface area contributed by atoms with Crippen molar-refractivity contribution in [1.29, 1.82) is 0 Å². The van der Waals surface area contributed by atoms with Crippen LogP contribution in [0.2, 0.25) is 0 Å². The van der Waals surface area contributed by atoms with Crippen molar-refractivity contribution in [2.45, 2.75) is 51.2 Å². The highest BCUT2D eigenvalue weighted by atomic mass is 16.5. The van der Waals surface area contributed by atoms with Gasteiger partial charge >= 0.3 is 0 Å². The van der Waals surface area contributed by atoms with Gasteiger partial charge in [0.05, 0.1) is 12.1 Å². The number of nitrogens with zero attached hydrogens (tertiary/aromatic N) is 2. The maximum absolute atomic E-state index is 12.5. The highest BCUT2D eigenvalue weighted by molar-refractivity contribution is 5.95. The van der Waals surface area contributed by atoms with Crippen LogP contribution in [0.3, 0.4) is 0 Å². The summed E-state index contributed by atoms with van der Waals surface area (Å²) in [6.07, 6.45) is 3.07. The van der Waals surface area contributed by atoms with Gasteiger partial charge in [-0.3, -0.25) is 9.69 Å². The lowest BCUT2D eigenvalue weighted by atomic mass is 9.92. The maximum atomic E-state index is 12.5. The molecule has 0 aromatic heterocycles. The Bertz CT molecular complexity index is 818. The van der Waals surface area contributed by atoms with Gasteiger partial charge in [-0.25, -0.2) is 0 Å². The van der Waals surface area contributed by atoms with Crippen LogP contribution in [0.4, 0.5) is 5.69 Å². The molecule has 2 aliphatic heterocycles. The molecule has 0 aliphatic carbocycles. The Kier molecular flexibility index (Phi) is 6.02. The molecule has 4 heteroatoms. The second-order valence-electron chi connectivity index (χ2n) is 8.81. The van der Waals surface area contributed by atoms with E-state index in [1.807, 2.05) is 35.2 Å². The van der Waals surface area contributed by atoms with Crippen molar-refractivity contribution in [2.24, 2.45) is 0 Å². The van der Waals surface area contributed by atoms with E-state index < -0.39 is 0 Å². The highest BCUT2D eigenvalue weighted by Crippen LogP contribution is 2.33. The van der Waals surface area contributed by atoms with Gasteiger partial charge in [0.2, 0.25) is 0 Å². The zero-order chi connectivity index (χ0) is 20.3. The average molecular weight is 393 g/mol. The fraction of sp³-hybridized carbons (Fsp3) is 0.480. The van der Waals surface area contributed by atoms with Crippen molar-refractivity contribution in [2.75, 3.05) is 31.1 Å². The minimum Gasteiger partial charge on any atom is -0.363 e. The Labute approximate surface area is 174 Å². The van der Waals surface area contributed by atoms with Crippen LogP contribution in [0.25, 0.3) is 0 Å². The quantitative estimate of drug-likeness (QED) is 0.762. The second kappa shape index (κ2) is 8.68. The normalized spacial score (nSPS) is 23.6. The van der Waals surface area contributed by atoms with Gasteiger partial charge in [0.15, 0.2) is 0 Å². The van der Waals surface area contributed by atoms with E-state index in [4.69, 9.17) is 4.74 Å². The first kappa shape index (κ1) is 20.1. The first-order valence-corrected chi connectivity index (χ1v) is 10.9. The third-order valence-electron chi connectivity index (χ3n) is 6.36. The number of carbonyl (C=O) groups is 1. The second-order valence-corrected chi connectivity index (χ2v) is 8.81. The number of morpholine rings is 1. The third kappa shape index (κ3) is 4.71. The van der Waals surface area contributed by atoms with Gasteiger partial charge in [-0.05, 0) is 55.0 Å². The number of anilines is 1. The van der Waals surface area contributed by atoms with E-state index >= 15 is 0 Å². The van der Waals surface area contributed by atoms with E-state index in [0.717, 1.165) is 44.6 Å². The van der Waals surface area contributed by atoms with Crippen LogP contribution in [0.1, 0.15) is 50.2 Å². The Balaban J connectivity index is 1.40. The van der Waals surface area contributed by atoms with Gasteiger partial charge in [0.1, 0.15) is 6.61 Å². The van der Waals surface area contributed by atoms with E-state index in [2.05, 4.69) is 43.0 Å². The smallest absolute Gasteiger partial charge is 0.253 e. The Morgan fingerprint density at radius 2 is 1.76 bits per heavy atom. The molecule has 4 rings (SSSR count). The van der Waals surface area contributed by atoms with Crippen molar-refractivity contribution in [1.82, 2.24) is 4.90 Å². The van der Waals surface area contributed by atoms with Gasteiger partial charge < -0.3 is 9.64 Å². The van der Waals surface area contributed by atoms with Crippen molar-refractivity contribution in [3.63, 3.8) is 0 Å².